The Morgan fingerprint density at radius 3 is 2.64 bits per heavy atom. The smallest absolute Gasteiger partial charge is 0.408 e. The van der Waals surface area contributed by atoms with Crippen molar-refractivity contribution in [3.05, 3.63) is 34.2 Å². The van der Waals surface area contributed by atoms with Crippen LogP contribution < -0.4 is 4.90 Å². The van der Waals surface area contributed by atoms with E-state index < -0.39 is 6.09 Å². The summed E-state index contributed by atoms with van der Waals surface area (Å²) >= 11 is 1.26. The van der Waals surface area contributed by atoms with Gasteiger partial charge in [-0.25, -0.2) is 9.78 Å². The zero-order valence-corrected chi connectivity index (χ0v) is 17.1. The molecule has 2 aromatic rings. The second-order valence-electron chi connectivity index (χ2n) is 7.24. The number of carbonyl (C=O) groups excluding carboxylic acids is 2. The first-order chi connectivity index (χ1) is 13.2. The minimum Gasteiger partial charge on any atom is -0.465 e. The third-order valence-corrected chi connectivity index (χ3v) is 5.79. The molecule has 0 saturated heterocycles. The molecule has 2 heterocycles. The summed E-state index contributed by atoms with van der Waals surface area (Å²) in [6.07, 6.45) is 0.230. The van der Waals surface area contributed by atoms with Gasteiger partial charge < -0.3 is 10.0 Å². The summed E-state index contributed by atoms with van der Waals surface area (Å²) in [6.45, 7) is 7.14. The highest BCUT2D eigenvalue weighted by Gasteiger charge is 2.38. The summed E-state index contributed by atoms with van der Waals surface area (Å²) in [4.78, 5) is 42.6. The number of carboxylic acid groups (broad SMARTS) is 1. The number of aromatic nitrogens is 1. The lowest BCUT2D eigenvalue weighted by molar-refractivity contribution is -0.117. The van der Waals surface area contributed by atoms with Crippen molar-refractivity contribution >= 4 is 35.3 Å². The van der Waals surface area contributed by atoms with Gasteiger partial charge in [0.25, 0.3) is 0 Å². The number of benzene rings is 1. The van der Waals surface area contributed by atoms with Gasteiger partial charge in [-0.1, -0.05) is 6.07 Å². The molecule has 1 aromatic heterocycles. The number of hydrogen-bond donors (Lipinski definition) is 1. The number of fused-ring (bicyclic) bond motifs is 1. The SMILES string of the molecule is CC(=O)N1c2ccc(-c3csc(C=O)n3)cc2C(N(C(=O)O)C(C)C)CC1C. The summed E-state index contributed by atoms with van der Waals surface area (Å²) in [6, 6.07) is 4.88. The van der Waals surface area contributed by atoms with Gasteiger partial charge in [0.05, 0.1) is 11.7 Å². The van der Waals surface area contributed by atoms with Crippen molar-refractivity contribution in [1.82, 2.24) is 9.88 Å². The van der Waals surface area contributed by atoms with Gasteiger partial charge in [-0.2, -0.15) is 0 Å². The molecule has 0 fully saturated rings. The summed E-state index contributed by atoms with van der Waals surface area (Å²) in [7, 11) is 0. The maximum atomic E-state index is 12.3. The van der Waals surface area contributed by atoms with E-state index >= 15 is 0 Å². The van der Waals surface area contributed by atoms with Crippen LogP contribution in [0.3, 0.4) is 0 Å². The van der Waals surface area contributed by atoms with Crippen LogP contribution in [0.4, 0.5) is 10.5 Å². The highest BCUT2D eigenvalue weighted by atomic mass is 32.1. The fraction of sp³-hybridized carbons (Fsp3) is 0.400. The van der Waals surface area contributed by atoms with Gasteiger partial charge in [0.1, 0.15) is 0 Å². The molecule has 8 heteroatoms. The van der Waals surface area contributed by atoms with Gasteiger partial charge in [0.15, 0.2) is 11.3 Å². The molecule has 28 heavy (non-hydrogen) atoms. The van der Waals surface area contributed by atoms with E-state index in [0.717, 1.165) is 16.8 Å². The second kappa shape index (κ2) is 7.71. The van der Waals surface area contributed by atoms with Crippen LogP contribution >= 0.6 is 11.3 Å². The zero-order valence-electron chi connectivity index (χ0n) is 16.2. The molecule has 2 amide bonds. The first kappa shape index (κ1) is 20.0. The van der Waals surface area contributed by atoms with Crippen molar-refractivity contribution in [3.8, 4) is 11.3 Å². The van der Waals surface area contributed by atoms with Crippen molar-refractivity contribution in [2.45, 2.75) is 52.2 Å². The van der Waals surface area contributed by atoms with Crippen LogP contribution in [0, 0.1) is 0 Å². The van der Waals surface area contributed by atoms with E-state index in [1.165, 1.54) is 23.2 Å². The van der Waals surface area contributed by atoms with Gasteiger partial charge in [0.2, 0.25) is 5.91 Å². The van der Waals surface area contributed by atoms with Crippen molar-refractivity contribution in [2.75, 3.05) is 4.90 Å². The van der Waals surface area contributed by atoms with E-state index in [2.05, 4.69) is 4.98 Å². The maximum absolute atomic E-state index is 12.3. The predicted molar refractivity (Wildman–Crippen MR) is 108 cm³/mol. The number of amides is 2. The molecule has 0 spiro atoms. The average Bonchev–Trinajstić information content (AvgIpc) is 3.09. The topological polar surface area (TPSA) is 90.8 Å². The molecule has 0 aliphatic carbocycles. The van der Waals surface area contributed by atoms with Crippen LogP contribution in [-0.2, 0) is 4.79 Å². The Labute approximate surface area is 167 Å². The lowest BCUT2D eigenvalue weighted by atomic mass is 9.88. The van der Waals surface area contributed by atoms with Gasteiger partial charge in [-0.3, -0.25) is 14.5 Å². The molecule has 7 nitrogen and oxygen atoms in total. The van der Waals surface area contributed by atoms with Gasteiger partial charge in [-0.05, 0) is 44.9 Å². The first-order valence-electron chi connectivity index (χ1n) is 9.10. The van der Waals surface area contributed by atoms with E-state index in [0.29, 0.717) is 23.4 Å². The number of nitrogens with zero attached hydrogens (tertiary/aromatic N) is 3. The number of carbonyl (C=O) groups is 3. The second-order valence-corrected chi connectivity index (χ2v) is 8.13. The van der Waals surface area contributed by atoms with Gasteiger partial charge in [0, 0.05) is 35.6 Å². The number of thiazole rings is 1. The Morgan fingerprint density at radius 2 is 2.11 bits per heavy atom. The summed E-state index contributed by atoms with van der Waals surface area (Å²) < 4.78 is 0. The molecular formula is C20H23N3O4S. The Morgan fingerprint density at radius 1 is 1.39 bits per heavy atom. The fourth-order valence-electron chi connectivity index (χ4n) is 3.92. The lowest BCUT2D eigenvalue weighted by Crippen LogP contribution is -2.48. The van der Waals surface area contributed by atoms with Crippen LogP contribution in [0.5, 0.6) is 0 Å². The van der Waals surface area contributed by atoms with Crippen LogP contribution in [0.25, 0.3) is 11.3 Å². The van der Waals surface area contributed by atoms with Crippen molar-refractivity contribution < 1.29 is 19.5 Å². The Kier molecular flexibility index (Phi) is 5.51. The molecule has 0 bridgehead atoms. The number of rotatable bonds is 4. The molecule has 1 aromatic carbocycles. The van der Waals surface area contributed by atoms with E-state index in [4.69, 9.17) is 0 Å². The molecule has 1 aliphatic heterocycles. The van der Waals surface area contributed by atoms with Crippen LogP contribution in [-0.4, -0.2) is 45.4 Å². The molecule has 148 valence electrons. The Bertz CT molecular complexity index is 924. The van der Waals surface area contributed by atoms with E-state index in [-0.39, 0.29) is 24.0 Å². The van der Waals surface area contributed by atoms with Gasteiger partial charge >= 0.3 is 6.09 Å². The molecule has 2 unspecified atom stereocenters. The van der Waals surface area contributed by atoms with E-state index in [9.17, 15) is 19.5 Å². The van der Waals surface area contributed by atoms with E-state index in [1.807, 2.05) is 39.0 Å². The molecule has 0 radical (unpaired) electrons. The zero-order chi connectivity index (χ0) is 20.6. The maximum Gasteiger partial charge on any atom is 0.408 e. The quantitative estimate of drug-likeness (QED) is 0.776. The van der Waals surface area contributed by atoms with Crippen molar-refractivity contribution in [1.29, 1.82) is 0 Å². The monoisotopic (exact) mass is 401 g/mol. The van der Waals surface area contributed by atoms with Gasteiger partial charge in [-0.15, -0.1) is 11.3 Å². The summed E-state index contributed by atoms with van der Waals surface area (Å²) in [5.41, 5.74) is 2.95. The highest BCUT2D eigenvalue weighted by molar-refractivity contribution is 7.11. The fourth-order valence-corrected chi connectivity index (χ4v) is 4.55. The predicted octanol–water partition coefficient (Wildman–Crippen LogP) is 4.20. The summed E-state index contributed by atoms with van der Waals surface area (Å²) in [5, 5.41) is 12.0. The summed E-state index contributed by atoms with van der Waals surface area (Å²) in [5.74, 6) is -0.0803. The normalized spacial score (nSPS) is 18.7. The largest absolute Gasteiger partial charge is 0.465 e. The third kappa shape index (κ3) is 3.52. The molecule has 2 atom stereocenters. The minimum atomic E-state index is -0.989. The molecular weight excluding hydrogens is 378 g/mol. The Balaban J connectivity index is 2.17. The average molecular weight is 401 g/mol. The number of hydrogen-bond acceptors (Lipinski definition) is 5. The number of anilines is 1. The van der Waals surface area contributed by atoms with E-state index in [1.54, 1.807) is 10.3 Å². The molecule has 1 N–H and O–H groups in total. The molecule has 1 aliphatic rings. The molecule has 3 rings (SSSR count). The Hall–Kier alpha value is -2.74. The molecule has 0 saturated carbocycles. The van der Waals surface area contributed by atoms with Crippen molar-refractivity contribution in [2.24, 2.45) is 0 Å². The number of aldehydes is 1. The third-order valence-electron chi connectivity index (χ3n) is 5.02. The van der Waals surface area contributed by atoms with Crippen LogP contribution in [0.2, 0.25) is 0 Å². The lowest BCUT2D eigenvalue weighted by Gasteiger charge is -2.43. The van der Waals surface area contributed by atoms with Crippen molar-refractivity contribution in [3.63, 3.8) is 0 Å². The van der Waals surface area contributed by atoms with Crippen LogP contribution in [0.15, 0.2) is 23.6 Å². The first-order valence-corrected chi connectivity index (χ1v) is 9.98. The standard InChI is InChI=1S/C20H23N3O4S/c1-11(2)22(20(26)27)18-7-12(3)23(13(4)25)17-6-5-14(8-15(17)18)16-10-28-19(9-24)21-16/h5-6,8-12,18H,7H2,1-4H3,(H,26,27). The van der Waals surface area contributed by atoms with Crippen LogP contribution in [0.1, 0.15) is 55.5 Å². The highest BCUT2D eigenvalue weighted by Crippen LogP contribution is 2.43. The minimum absolute atomic E-state index is 0.0803.